The highest BCUT2D eigenvalue weighted by Crippen LogP contribution is 2.54. The number of rotatable bonds is 6. The van der Waals surface area contributed by atoms with Gasteiger partial charge in [0, 0.05) is 34.8 Å². The molecule has 4 N–H and O–H groups in total. The number of hydrogen-bond acceptors (Lipinski definition) is 4. The maximum Gasteiger partial charge on any atom is 0.341 e. The molecule has 0 saturated carbocycles. The van der Waals surface area contributed by atoms with Gasteiger partial charge in [0.05, 0.1) is 5.56 Å². The summed E-state index contributed by atoms with van der Waals surface area (Å²) in [5, 5.41) is 0. The molecule has 8 heteroatoms. The molecule has 0 aromatic heterocycles. The quantitative estimate of drug-likeness (QED) is 0.0769. The van der Waals surface area contributed by atoms with Crippen LogP contribution in [0.1, 0.15) is 113 Å². The lowest BCUT2D eigenvalue weighted by Gasteiger charge is -2.30. The maximum atomic E-state index is 14.5. The molecular formula is C48H48Br4N2O2. The van der Waals surface area contributed by atoms with Crippen molar-refractivity contribution in [1.29, 1.82) is 0 Å². The molecule has 0 aliphatic carbocycles. The fourth-order valence-corrected chi connectivity index (χ4v) is 10.3. The minimum Gasteiger partial charge on any atom is -0.442 e. The smallest absolute Gasteiger partial charge is 0.341 e. The Labute approximate surface area is 365 Å². The Morgan fingerprint density at radius 3 is 1.25 bits per heavy atom. The Hall–Kier alpha value is -3.43. The number of benzene rings is 5. The van der Waals surface area contributed by atoms with E-state index in [1.165, 1.54) is 11.1 Å². The first-order chi connectivity index (χ1) is 26.0. The summed E-state index contributed by atoms with van der Waals surface area (Å²) >= 11 is 15.2. The molecule has 1 aliphatic rings. The van der Waals surface area contributed by atoms with Gasteiger partial charge in [-0.2, -0.15) is 0 Å². The second-order valence-corrected chi connectivity index (χ2v) is 20.2. The maximum absolute atomic E-state index is 14.5. The molecule has 0 bridgehead atoms. The van der Waals surface area contributed by atoms with Crippen molar-refractivity contribution in [3.8, 4) is 0 Å². The van der Waals surface area contributed by atoms with Gasteiger partial charge in [0.15, 0.2) is 5.60 Å². The van der Waals surface area contributed by atoms with Crippen LogP contribution in [0.15, 0.2) is 103 Å². The molecule has 0 spiro atoms. The second-order valence-electron chi connectivity index (χ2n) is 17.0. The Bertz CT molecular complexity index is 2290. The van der Waals surface area contributed by atoms with E-state index in [2.05, 4.69) is 169 Å². The molecule has 0 saturated heterocycles. The molecular weight excluding hydrogens is 956 g/mol. The van der Waals surface area contributed by atoms with Crippen LogP contribution in [-0.4, -0.2) is 5.97 Å². The number of carbonyl (C=O) groups is 1. The van der Waals surface area contributed by atoms with E-state index in [4.69, 9.17) is 16.2 Å². The van der Waals surface area contributed by atoms with Crippen LogP contribution < -0.4 is 11.5 Å². The van der Waals surface area contributed by atoms with Crippen LogP contribution in [0.5, 0.6) is 0 Å². The van der Waals surface area contributed by atoms with Crippen LogP contribution in [0.4, 0.5) is 11.4 Å². The number of esters is 1. The molecule has 0 fully saturated rings. The van der Waals surface area contributed by atoms with Gasteiger partial charge in [0.1, 0.15) is 0 Å². The summed E-state index contributed by atoms with van der Waals surface area (Å²) in [7, 11) is 0. The van der Waals surface area contributed by atoms with Gasteiger partial charge in [0.25, 0.3) is 0 Å². The number of nitrogen functional groups attached to an aromatic ring is 2. The molecule has 290 valence electrons. The number of nitrogens with two attached hydrogens (primary N) is 2. The van der Waals surface area contributed by atoms with Crippen LogP contribution in [0.25, 0.3) is 11.1 Å². The molecule has 4 nitrogen and oxygen atoms in total. The van der Waals surface area contributed by atoms with E-state index in [0.29, 0.717) is 35.9 Å². The van der Waals surface area contributed by atoms with Crippen molar-refractivity contribution in [3.63, 3.8) is 0 Å². The number of fused-ring (bicyclic) bond motifs is 1. The number of anilines is 2. The third-order valence-electron chi connectivity index (χ3n) is 10.6. The van der Waals surface area contributed by atoms with Gasteiger partial charge in [-0.3, -0.25) is 0 Å². The van der Waals surface area contributed by atoms with E-state index in [9.17, 15) is 4.79 Å². The Balaban J connectivity index is 1.83. The summed E-state index contributed by atoms with van der Waals surface area (Å²) in [5.41, 5.74) is 26.2. The fraction of sp³-hybridized carbons (Fsp3) is 0.271. The van der Waals surface area contributed by atoms with Crippen molar-refractivity contribution in [2.75, 3.05) is 11.5 Å². The molecule has 0 amide bonds. The number of halogens is 4. The van der Waals surface area contributed by atoms with Crippen LogP contribution in [0.2, 0.25) is 0 Å². The lowest BCUT2D eigenvalue weighted by atomic mass is 9.78. The van der Waals surface area contributed by atoms with E-state index in [1.807, 2.05) is 48.5 Å². The molecule has 0 radical (unpaired) electrons. The summed E-state index contributed by atoms with van der Waals surface area (Å²) in [6, 6.07) is 24.9. The van der Waals surface area contributed by atoms with E-state index in [1.54, 1.807) is 0 Å². The molecule has 1 aliphatic heterocycles. The largest absolute Gasteiger partial charge is 0.442 e. The van der Waals surface area contributed by atoms with E-state index in [0.717, 1.165) is 60.1 Å². The molecule has 6 rings (SSSR count). The summed E-state index contributed by atoms with van der Waals surface area (Å²) in [5.74, 6) is -0.449. The number of aryl methyl sites for hydroxylation is 4. The molecule has 1 heterocycles. The van der Waals surface area contributed by atoms with Gasteiger partial charge in [-0.15, -0.1) is 0 Å². The van der Waals surface area contributed by atoms with Gasteiger partial charge < -0.3 is 16.2 Å². The summed E-state index contributed by atoms with van der Waals surface area (Å²) in [4.78, 5) is 14.5. The summed E-state index contributed by atoms with van der Waals surface area (Å²) < 4.78 is 9.61. The molecule has 56 heavy (non-hydrogen) atoms. The summed E-state index contributed by atoms with van der Waals surface area (Å²) in [6.45, 7) is 22.0. The van der Waals surface area contributed by atoms with E-state index < -0.39 is 11.6 Å². The monoisotopic (exact) mass is 1000 g/mol. The zero-order valence-corrected chi connectivity index (χ0v) is 39.9. The van der Waals surface area contributed by atoms with Gasteiger partial charge in [-0.05, 0) is 205 Å². The standard InChI is InChI=1S/C48H48Br4N2O2/c1-25-19-31(46(5,6)7)20-26(2)37(25)35(29-11-15-33(53)16-12-29)23-48(40-39(45(55)56-48)41(49)43(51)44(52)42(40)50)24-36(30-13-17-34(54)18-14-30)38-27(3)21-32(22-28(38)4)47(8,9)10/h11-24H,53-54H2,1-10H3. The van der Waals surface area contributed by atoms with Crippen molar-refractivity contribution in [2.45, 2.75) is 85.7 Å². The van der Waals surface area contributed by atoms with Crippen LogP contribution in [-0.2, 0) is 21.2 Å². The topological polar surface area (TPSA) is 78.3 Å². The number of carbonyl (C=O) groups excluding carboxylic acids is 1. The third-order valence-corrected chi connectivity index (χ3v) is 15.4. The van der Waals surface area contributed by atoms with Crippen LogP contribution in [0.3, 0.4) is 0 Å². The highest BCUT2D eigenvalue weighted by Gasteiger charge is 2.48. The van der Waals surface area contributed by atoms with Crippen molar-refractivity contribution in [3.05, 3.63) is 170 Å². The molecule has 0 unspecified atom stereocenters. The average molecular weight is 1000 g/mol. The lowest BCUT2D eigenvalue weighted by molar-refractivity contribution is 0.0298. The van der Waals surface area contributed by atoms with Gasteiger partial charge in [0.2, 0.25) is 0 Å². The Morgan fingerprint density at radius 2 is 0.911 bits per heavy atom. The Morgan fingerprint density at radius 1 is 0.571 bits per heavy atom. The van der Waals surface area contributed by atoms with Gasteiger partial charge >= 0.3 is 5.97 Å². The number of hydrogen-bond donors (Lipinski definition) is 2. The van der Waals surface area contributed by atoms with Crippen molar-refractivity contribution in [1.82, 2.24) is 0 Å². The predicted octanol–water partition coefficient (Wildman–Crippen LogP) is 14.4. The molecule has 5 aromatic rings. The first-order valence-corrected chi connectivity index (χ1v) is 21.7. The van der Waals surface area contributed by atoms with Gasteiger partial charge in [-0.1, -0.05) is 90.1 Å². The SMILES string of the molecule is Cc1cc(C(C)(C)C)cc(C)c1C(=CC1(C=C(c2ccc(N)cc2)c2c(C)cc(C(C)(C)C)cc2C)OC(=O)c2c(Br)c(Br)c(Br)c(Br)c21)c1ccc(N)cc1. The summed E-state index contributed by atoms with van der Waals surface area (Å²) in [6.07, 6.45) is 4.24. The number of ether oxygens (including phenoxy) is 1. The fourth-order valence-electron chi connectivity index (χ4n) is 7.69. The first-order valence-electron chi connectivity index (χ1n) is 18.6. The molecule has 0 atom stereocenters. The lowest BCUT2D eigenvalue weighted by Crippen LogP contribution is -2.24. The van der Waals surface area contributed by atoms with Crippen molar-refractivity contribution >= 4 is 92.2 Å². The van der Waals surface area contributed by atoms with E-state index >= 15 is 0 Å². The highest BCUT2D eigenvalue weighted by molar-refractivity contribution is 9.15. The van der Waals surface area contributed by atoms with Crippen molar-refractivity contribution < 1.29 is 9.53 Å². The minimum atomic E-state index is -1.42. The van der Waals surface area contributed by atoms with Crippen molar-refractivity contribution in [2.24, 2.45) is 0 Å². The minimum absolute atomic E-state index is 0.0496. The Kier molecular flexibility index (Phi) is 11.6. The zero-order valence-electron chi connectivity index (χ0n) is 33.6. The third kappa shape index (κ3) is 7.88. The second kappa shape index (κ2) is 15.4. The average Bonchev–Trinajstić information content (AvgIpc) is 3.39. The number of cyclic esters (lactones) is 1. The molecule has 5 aromatic carbocycles. The highest BCUT2D eigenvalue weighted by atomic mass is 79.9. The van der Waals surface area contributed by atoms with Gasteiger partial charge in [-0.25, -0.2) is 4.79 Å². The normalized spacial score (nSPS) is 16.3. The van der Waals surface area contributed by atoms with Crippen LogP contribution >= 0.6 is 63.7 Å². The zero-order chi connectivity index (χ0) is 41.2. The van der Waals surface area contributed by atoms with Crippen LogP contribution in [0, 0.1) is 27.7 Å². The predicted molar refractivity (Wildman–Crippen MR) is 249 cm³/mol. The van der Waals surface area contributed by atoms with E-state index in [-0.39, 0.29) is 10.8 Å². The first kappa shape index (κ1) is 42.2.